The standard InChI is InChI=1S/C19H23N3O2S/c1-4-25(24)21(2)13-14-9-17(12-20-11-14)15-5-7-18-16(10-15)6-8-19(23)22(18)3/h5,7,9-12H,4,6,8,13H2,1-3H3. The van der Waals surface area contributed by atoms with Crippen molar-refractivity contribution in [3.63, 3.8) is 0 Å². The van der Waals surface area contributed by atoms with E-state index in [4.69, 9.17) is 0 Å². The van der Waals surface area contributed by atoms with E-state index in [2.05, 4.69) is 17.1 Å². The van der Waals surface area contributed by atoms with Crippen LogP contribution in [0.15, 0.2) is 36.7 Å². The molecule has 0 aliphatic carbocycles. The van der Waals surface area contributed by atoms with Crippen LogP contribution >= 0.6 is 0 Å². The Balaban J connectivity index is 1.86. The first-order valence-electron chi connectivity index (χ1n) is 8.43. The first kappa shape index (κ1) is 17.8. The summed E-state index contributed by atoms with van der Waals surface area (Å²) in [4.78, 5) is 17.9. The lowest BCUT2D eigenvalue weighted by Crippen LogP contribution is -2.30. The summed E-state index contributed by atoms with van der Waals surface area (Å²) in [7, 11) is 2.72. The van der Waals surface area contributed by atoms with Crippen molar-refractivity contribution >= 4 is 22.6 Å². The zero-order valence-electron chi connectivity index (χ0n) is 14.9. The summed E-state index contributed by atoms with van der Waals surface area (Å²) in [5, 5.41) is 0. The van der Waals surface area contributed by atoms with Crippen LogP contribution in [-0.4, -0.2) is 39.3 Å². The number of fused-ring (bicyclic) bond motifs is 1. The van der Waals surface area contributed by atoms with Crippen LogP contribution in [0, 0.1) is 0 Å². The second-order valence-electron chi connectivity index (χ2n) is 6.27. The molecule has 1 amide bonds. The number of aromatic nitrogens is 1. The number of rotatable bonds is 5. The van der Waals surface area contributed by atoms with Gasteiger partial charge in [0, 0.05) is 56.5 Å². The molecule has 1 aliphatic heterocycles. The lowest BCUT2D eigenvalue weighted by Gasteiger charge is -2.26. The molecular formula is C19H23N3O2S. The van der Waals surface area contributed by atoms with E-state index < -0.39 is 11.0 Å². The van der Waals surface area contributed by atoms with Crippen molar-refractivity contribution in [3.8, 4) is 11.1 Å². The maximum atomic E-state index is 11.9. The third-order valence-corrected chi connectivity index (χ3v) is 5.87. The van der Waals surface area contributed by atoms with Crippen molar-refractivity contribution in [3.05, 3.63) is 47.8 Å². The number of aryl methyl sites for hydroxylation is 1. The van der Waals surface area contributed by atoms with Crippen LogP contribution in [0.25, 0.3) is 11.1 Å². The number of pyridine rings is 1. The molecule has 132 valence electrons. The van der Waals surface area contributed by atoms with Crippen molar-refractivity contribution < 1.29 is 9.00 Å². The molecule has 0 radical (unpaired) electrons. The largest absolute Gasteiger partial charge is 0.315 e. The molecule has 6 heteroatoms. The highest BCUT2D eigenvalue weighted by Gasteiger charge is 2.21. The highest BCUT2D eigenvalue weighted by molar-refractivity contribution is 7.82. The third kappa shape index (κ3) is 3.80. The van der Waals surface area contributed by atoms with E-state index in [1.165, 1.54) is 5.56 Å². The van der Waals surface area contributed by atoms with E-state index in [9.17, 15) is 9.00 Å². The van der Waals surface area contributed by atoms with E-state index in [0.717, 1.165) is 28.8 Å². The summed E-state index contributed by atoms with van der Waals surface area (Å²) >= 11 is 0. The van der Waals surface area contributed by atoms with Crippen molar-refractivity contribution in [2.75, 3.05) is 24.7 Å². The Bertz CT molecular complexity index is 822. The molecule has 2 heterocycles. The average molecular weight is 357 g/mol. The molecule has 0 bridgehead atoms. The first-order valence-corrected chi connectivity index (χ1v) is 9.70. The van der Waals surface area contributed by atoms with E-state index in [0.29, 0.717) is 18.7 Å². The Morgan fingerprint density at radius 1 is 1.20 bits per heavy atom. The molecule has 1 unspecified atom stereocenters. The Morgan fingerprint density at radius 3 is 2.76 bits per heavy atom. The minimum Gasteiger partial charge on any atom is -0.315 e. The van der Waals surface area contributed by atoms with Gasteiger partial charge in [-0.15, -0.1) is 0 Å². The van der Waals surface area contributed by atoms with Gasteiger partial charge in [-0.05, 0) is 41.3 Å². The molecule has 3 rings (SSSR count). The van der Waals surface area contributed by atoms with Gasteiger partial charge in [0.05, 0.1) is 11.0 Å². The van der Waals surface area contributed by atoms with Crippen LogP contribution in [0.1, 0.15) is 24.5 Å². The summed E-state index contributed by atoms with van der Waals surface area (Å²) in [6, 6.07) is 8.28. The Labute approximate surface area is 151 Å². The van der Waals surface area contributed by atoms with Gasteiger partial charge >= 0.3 is 0 Å². The lowest BCUT2D eigenvalue weighted by atomic mass is 9.96. The zero-order chi connectivity index (χ0) is 18.0. The number of amides is 1. The summed E-state index contributed by atoms with van der Waals surface area (Å²) in [6.45, 7) is 2.51. The summed E-state index contributed by atoms with van der Waals surface area (Å²) in [5.41, 5.74) is 5.34. The van der Waals surface area contributed by atoms with Gasteiger partial charge in [-0.2, -0.15) is 0 Å². The Hall–Kier alpha value is -2.05. The second kappa shape index (κ2) is 7.45. The average Bonchev–Trinajstić information content (AvgIpc) is 2.64. The number of carbonyl (C=O) groups is 1. The smallest absolute Gasteiger partial charge is 0.227 e. The number of nitrogens with zero attached hydrogens (tertiary/aromatic N) is 3. The highest BCUT2D eigenvalue weighted by Crippen LogP contribution is 2.31. The molecule has 5 nitrogen and oxygen atoms in total. The molecule has 25 heavy (non-hydrogen) atoms. The predicted octanol–water partition coefficient (Wildman–Crippen LogP) is 2.77. The molecule has 1 atom stereocenters. The monoisotopic (exact) mass is 357 g/mol. The van der Waals surface area contributed by atoms with Crippen LogP contribution in [0.3, 0.4) is 0 Å². The van der Waals surface area contributed by atoms with E-state index >= 15 is 0 Å². The number of hydrogen-bond donors (Lipinski definition) is 0. The van der Waals surface area contributed by atoms with Crippen LogP contribution in [0.5, 0.6) is 0 Å². The molecule has 1 aromatic heterocycles. The number of anilines is 1. The summed E-state index contributed by atoms with van der Waals surface area (Å²) in [6.07, 6.45) is 4.99. The molecule has 0 N–H and O–H groups in total. The SMILES string of the molecule is CCS(=O)N(C)Cc1cncc(-c2ccc3c(c2)CCC(=O)N3C)c1. The van der Waals surface area contributed by atoms with Crippen LogP contribution in [0.4, 0.5) is 5.69 Å². The lowest BCUT2D eigenvalue weighted by molar-refractivity contribution is -0.118. The van der Waals surface area contributed by atoms with Crippen molar-refractivity contribution in [1.82, 2.24) is 9.29 Å². The maximum absolute atomic E-state index is 11.9. The third-order valence-electron chi connectivity index (χ3n) is 4.55. The van der Waals surface area contributed by atoms with Gasteiger partial charge in [0.2, 0.25) is 5.91 Å². The van der Waals surface area contributed by atoms with Gasteiger partial charge in [0.25, 0.3) is 0 Å². The van der Waals surface area contributed by atoms with Gasteiger partial charge in [0.1, 0.15) is 0 Å². The van der Waals surface area contributed by atoms with Gasteiger partial charge in [-0.3, -0.25) is 9.78 Å². The summed E-state index contributed by atoms with van der Waals surface area (Å²) < 4.78 is 13.7. The maximum Gasteiger partial charge on any atom is 0.227 e. The first-order chi connectivity index (χ1) is 12.0. The minimum absolute atomic E-state index is 0.163. The second-order valence-corrected chi connectivity index (χ2v) is 8.12. The van der Waals surface area contributed by atoms with Crippen LogP contribution in [0.2, 0.25) is 0 Å². The van der Waals surface area contributed by atoms with Gasteiger partial charge in [0.15, 0.2) is 0 Å². The number of benzene rings is 1. The molecule has 1 aliphatic rings. The van der Waals surface area contributed by atoms with Gasteiger partial charge in [-0.1, -0.05) is 13.0 Å². The molecule has 1 aromatic carbocycles. The normalized spacial score (nSPS) is 15.4. The molecule has 0 saturated carbocycles. The molecule has 0 saturated heterocycles. The molecular weight excluding hydrogens is 334 g/mol. The fourth-order valence-corrected chi connectivity index (χ4v) is 3.85. The van der Waals surface area contributed by atoms with Gasteiger partial charge in [-0.25, -0.2) is 8.51 Å². The Kier molecular flexibility index (Phi) is 5.30. The summed E-state index contributed by atoms with van der Waals surface area (Å²) in [5.74, 6) is 0.775. The van der Waals surface area contributed by atoms with E-state index in [1.54, 1.807) is 4.90 Å². The van der Waals surface area contributed by atoms with Crippen molar-refractivity contribution in [2.45, 2.75) is 26.3 Å². The predicted molar refractivity (Wildman–Crippen MR) is 102 cm³/mol. The van der Waals surface area contributed by atoms with E-state index in [-0.39, 0.29) is 5.91 Å². The van der Waals surface area contributed by atoms with Gasteiger partial charge < -0.3 is 4.90 Å². The number of carbonyl (C=O) groups excluding carboxylic acids is 1. The topological polar surface area (TPSA) is 53.5 Å². The van der Waals surface area contributed by atoms with Crippen LogP contribution in [-0.2, 0) is 28.7 Å². The van der Waals surface area contributed by atoms with E-state index in [1.807, 2.05) is 49.9 Å². The molecule has 2 aromatic rings. The zero-order valence-corrected chi connectivity index (χ0v) is 15.7. The molecule has 0 spiro atoms. The van der Waals surface area contributed by atoms with Crippen LogP contribution < -0.4 is 4.90 Å². The van der Waals surface area contributed by atoms with Crippen molar-refractivity contribution in [2.24, 2.45) is 0 Å². The quantitative estimate of drug-likeness (QED) is 0.827. The highest BCUT2D eigenvalue weighted by atomic mass is 32.2. The minimum atomic E-state index is -0.965. The number of hydrogen-bond acceptors (Lipinski definition) is 3. The fourth-order valence-electron chi connectivity index (χ4n) is 3.12. The molecule has 0 fully saturated rings. The van der Waals surface area contributed by atoms with Crippen molar-refractivity contribution in [1.29, 1.82) is 0 Å². The fraction of sp³-hybridized carbons (Fsp3) is 0.368. The Morgan fingerprint density at radius 2 is 2.00 bits per heavy atom.